The van der Waals surface area contributed by atoms with E-state index in [4.69, 9.17) is 25.8 Å². The molecule has 3 aromatic rings. The molecule has 37 heavy (non-hydrogen) atoms. The van der Waals surface area contributed by atoms with Gasteiger partial charge in [0.15, 0.2) is 11.5 Å². The van der Waals surface area contributed by atoms with Gasteiger partial charge < -0.3 is 19.5 Å². The average molecular weight is 522 g/mol. The molecule has 3 rings (SSSR count). The summed E-state index contributed by atoms with van der Waals surface area (Å²) in [5.41, 5.74) is -0.136. The zero-order valence-corrected chi connectivity index (χ0v) is 20.4. The molecule has 0 saturated carbocycles. The third kappa shape index (κ3) is 6.84. The van der Waals surface area contributed by atoms with Crippen molar-refractivity contribution in [2.24, 2.45) is 0 Å². The lowest BCUT2D eigenvalue weighted by molar-refractivity contribution is -0.384. The summed E-state index contributed by atoms with van der Waals surface area (Å²) in [6.45, 7) is 1.99. The molecule has 0 bridgehead atoms. The number of anilines is 1. The maximum absolute atomic E-state index is 12.7. The number of rotatable bonds is 9. The van der Waals surface area contributed by atoms with Crippen LogP contribution in [-0.4, -0.2) is 30.5 Å². The second-order valence-electron chi connectivity index (χ2n) is 7.30. The Kier molecular flexibility index (Phi) is 8.81. The van der Waals surface area contributed by atoms with Crippen molar-refractivity contribution >= 4 is 40.9 Å². The van der Waals surface area contributed by atoms with Crippen LogP contribution in [0.25, 0.3) is 6.08 Å². The van der Waals surface area contributed by atoms with Crippen LogP contribution in [0.4, 0.5) is 11.4 Å². The smallest absolute Gasteiger partial charge is 0.343 e. The fourth-order valence-corrected chi connectivity index (χ4v) is 3.24. The molecule has 0 heterocycles. The molecule has 0 spiro atoms. The van der Waals surface area contributed by atoms with E-state index in [2.05, 4.69) is 5.32 Å². The molecule has 10 nitrogen and oxygen atoms in total. The number of nitro groups is 1. The number of benzene rings is 3. The largest absolute Gasteiger partial charge is 0.496 e. The standard InChI is InChI=1S/C26H20ClN3O7/c1-3-36-24-13-16(4-11-23(24)37-26(32)17-5-7-19(27)8-6-17)12-18(15-28)25(31)29-21-10-9-20(35-2)14-22(21)30(33)34/h4-14H,3H2,1-2H3,(H,29,31)/b18-12+. The van der Waals surface area contributed by atoms with Crippen LogP contribution >= 0.6 is 11.6 Å². The lowest BCUT2D eigenvalue weighted by Crippen LogP contribution is -2.14. The Morgan fingerprint density at radius 2 is 1.84 bits per heavy atom. The van der Waals surface area contributed by atoms with E-state index in [1.54, 1.807) is 25.1 Å². The van der Waals surface area contributed by atoms with Crippen LogP contribution in [0.2, 0.25) is 5.02 Å². The number of esters is 1. The topological polar surface area (TPSA) is 141 Å². The first-order valence-corrected chi connectivity index (χ1v) is 11.1. The van der Waals surface area contributed by atoms with Gasteiger partial charge in [0.2, 0.25) is 0 Å². The molecule has 11 heteroatoms. The molecule has 0 atom stereocenters. The normalized spacial score (nSPS) is 10.7. The number of carbonyl (C=O) groups is 2. The molecular weight excluding hydrogens is 502 g/mol. The van der Waals surface area contributed by atoms with E-state index in [1.807, 2.05) is 0 Å². The monoisotopic (exact) mass is 521 g/mol. The van der Waals surface area contributed by atoms with Crippen LogP contribution in [-0.2, 0) is 4.79 Å². The first kappa shape index (κ1) is 26.7. The third-order valence-corrected chi connectivity index (χ3v) is 5.13. The van der Waals surface area contributed by atoms with Crippen molar-refractivity contribution in [1.29, 1.82) is 5.26 Å². The molecule has 1 amide bonds. The van der Waals surface area contributed by atoms with Gasteiger partial charge in [-0.2, -0.15) is 5.26 Å². The van der Waals surface area contributed by atoms with Crippen molar-refractivity contribution in [3.8, 4) is 23.3 Å². The highest BCUT2D eigenvalue weighted by Crippen LogP contribution is 2.31. The number of hydrogen-bond acceptors (Lipinski definition) is 8. The van der Waals surface area contributed by atoms with Crippen molar-refractivity contribution in [2.45, 2.75) is 6.92 Å². The third-order valence-electron chi connectivity index (χ3n) is 4.88. The fraction of sp³-hybridized carbons (Fsp3) is 0.115. The molecule has 0 aliphatic heterocycles. The summed E-state index contributed by atoms with van der Waals surface area (Å²) in [6.07, 6.45) is 1.28. The highest BCUT2D eigenvalue weighted by molar-refractivity contribution is 6.30. The Hall–Kier alpha value is -4.88. The summed E-state index contributed by atoms with van der Waals surface area (Å²) < 4.78 is 16.0. The van der Waals surface area contributed by atoms with Crippen molar-refractivity contribution in [2.75, 3.05) is 19.0 Å². The summed E-state index contributed by atoms with van der Waals surface area (Å²) in [5.74, 6) is -0.898. The molecular formula is C26H20ClN3O7. The Bertz CT molecular complexity index is 1410. The number of ether oxygens (including phenoxy) is 3. The van der Waals surface area contributed by atoms with Gasteiger partial charge in [0.05, 0.1) is 30.3 Å². The highest BCUT2D eigenvalue weighted by Gasteiger charge is 2.20. The fourth-order valence-electron chi connectivity index (χ4n) is 3.11. The predicted molar refractivity (Wildman–Crippen MR) is 136 cm³/mol. The second kappa shape index (κ2) is 12.2. The summed E-state index contributed by atoms with van der Waals surface area (Å²) in [6, 6.07) is 16.3. The quantitative estimate of drug-likeness (QED) is 0.0982. The minimum absolute atomic E-state index is 0.101. The molecule has 0 saturated heterocycles. The predicted octanol–water partition coefficient (Wildman–Crippen LogP) is 5.42. The number of nitrogens with one attached hydrogen (secondary N) is 1. The Labute approximate surface area is 216 Å². The van der Waals surface area contributed by atoms with Crippen molar-refractivity contribution < 1.29 is 28.7 Å². The number of nitrogens with zero attached hydrogens (tertiary/aromatic N) is 2. The molecule has 0 radical (unpaired) electrons. The Balaban J connectivity index is 1.85. The van der Waals surface area contributed by atoms with Gasteiger partial charge in [0.1, 0.15) is 23.1 Å². The van der Waals surface area contributed by atoms with Gasteiger partial charge in [-0.15, -0.1) is 0 Å². The molecule has 0 fully saturated rings. The van der Waals surface area contributed by atoms with E-state index in [1.165, 1.54) is 55.7 Å². The number of nitriles is 1. The summed E-state index contributed by atoms with van der Waals surface area (Å²) in [5, 5.41) is 23.8. The molecule has 0 aliphatic carbocycles. The number of amides is 1. The van der Waals surface area contributed by atoms with E-state index in [9.17, 15) is 25.0 Å². The van der Waals surface area contributed by atoms with Gasteiger partial charge in [-0.05, 0) is 67.1 Å². The molecule has 0 unspecified atom stereocenters. The number of nitro benzene ring substituents is 1. The Morgan fingerprint density at radius 1 is 1.11 bits per heavy atom. The SMILES string of the molecule is CCOc1cc(/C=C(\C#N)C(=O)Nc2ccc(OC)cc2[N+](=O)[O-])ccc1OC(=O)c1ccc(Cl)cc1. The van der Waals surface area contributed by atoms with Gasteiger partial charge in [0, 0.05) is 5.02 Å². The zero-order valence-electron chi connectivity index (χ0n) is 19.7. The van der Waals surface area contributed by atoms with E-state index >= 15 is 0 Å². The maximum Gasteiger partial charge on any atom is 0.343 e. The summed E-state index contributed by atoms with van der Waals surface area (Å²) in [7, 11) is 1.36. The lowest BCUT2D eigenvalue weighted by Gasteiger charge is -2.12. The van der Waals surface area contributed by atoms with Gasteiger partial charge in [-0.1, -0.05) is 17.7 Å². The van der Waals surface area contributed by atoms with E-state index < -0.39 is 22.5 Å². The number of halogens is 1. The first-order valence-electron chi connectivity index (χ1n) is 10.8. The van der Waals surface area contributed by atoms with Crippen LogP contribution in [0.5, 0.6) is 17.2 Å². The molecule has 1 N–H and O–H groups in total. The number of hydrogen-bond donors (Lipinski definition) is 1. The minimum Gasteiger partial charge on any atom is -0.496 e. The highest BCUT2D eigenvalue weighted by atomic mass is 35.5. The van der Waals surface area contributed by atoms with E-state index in [0.29, 0.717) is 10.6 Å². The van der Waals surface area contributed by atoms with Gasteiger partial charge in [0.25, 0.3) is 11.6 Å². The first-order chi connectivity index (χ1) is 17.7. The lowest BCUT2D eigenvalue weighted by atomic mass is 10.1. The molecule has 0 aromatic heterocycles. The number of carbonyl (C=O) groups excluding carboxylic acids is 2. The second-order valence-corrected chi connectivity index (χ2v) is 7.74. The van der Waals surface area contributed by atoms with E-state index in [0.717, 1.165) is 6.07 Å². The van der Waals surface area contributed by atoms with Crippen molar-refractivity contribution in [3.63, 3.8) is 0 Å². The number of methoxy groups -OCH3 is 1. The summed E-state index contributed by atoms with van der Waals surface area (Å²) in [4.78, 5) is 35.9. The van der Waals surface area contributed by atoms with E-state index in [-0.39, 0.29) is 40.7 Å². The van der Waals surface area contributed by atoms with Crippen molar-refractivity contribution in [1.82, 2.24) is 0 Å². The minimum atomic E-state index is -0.855. The van der Waals surface area contributed by atoms with Gasteiger partial charge in [-0.3, -0.25) is 14.9 Å². The van der Waals surface area contributed by atoms with Crippen LogP contribution in [0.3, 0.4) is 0 Å². The van der Waals surface area contributed by atoms with Gasteiger partial charge in [-0.25, -0.2) is 4.79 Å². The van der Waals surface area contributed by atoms with Crippen LogP contribution in [0.15, 0.2) is 66.2 Å². The van der Waals surface area contributed by atoms with Crippen molar-refractivity contribution in [3.05, 3.63) is 92.5 Å². The Morgan fingerprint density at radius 3 is 2.46 bits per heavy atom. The molecule has 188 valence electrons. The molecule has 3 aromatic carbocycles. The zero-order chi connectivity index (χ0) is 26.9. The van der Waals surface area contributed by atoms with Crippen LogP contribution in [0, 0.1) is 21.4 Å². The van der Waals surface area contributed by atoms with Crippen LogP contribution < -0.4 is 19.5 Å². The molecule has 0 aliphatic rings. The van der Waals surface area contributed by atoms with Crippen LogP contribution in [0.1, 0.15) is 22.8 Å². The average Bonchev–Trinajstić information content (AvgIpc) is 2.89. The van der Waals surface area contributed by atoms with Gasteiger partial charge >= 0.3 is 5.97 Å². The maximum atomic E-state index is 12.7. The summed E-state index contributed by atoms with van der Waals surface area (Å²) >= 11 is 5.85.